The first-order valence-corrected chi connectivity index (χ1v) is 5.30. The van der Waals surface area contributed by atoms with Crippen molar-refractivity contribution in [3.8, 4) is 0 Å². The number of hydrogen-bond acceptors (Lipinski definition) is 4. The van der Waals surface area contributed by atoms with E-state index in [4.69, 9.17) is 10.2 Å². The van der Waals surface area contributed by atoms with Crippen LogP contribution in [0.1, 0.15) is 13.8 Å². The van der Waals surface area contributed by atoms with Crippen molar-refractivity contribution in [3.05, 3.63) is 0 Å². The molecule has 0 saturated carbocycles. The minimum Gasteiger partial charge on any atom is -0.480 e. The van der Waals surface area contributed by atoms with Gasteiger partial charge in [0.05, 0.1) is 0 Å². The molecule has 0 bridgehead atoms. The predicted molar refractivity (Wildman–Crippen MR) is 59.5 cm³/mol. The molecule has 0 heterocycles. The zero-order valence-electron chi connectivity index (χ0n) is 9.08. The average molecular weight is 249 g/mol. The molecule has 0 aliphatic rings. The number of hydrogen-bond donors (Lipinski definition) is 3. The van der Waals surface area contributed by atoms with E-state index in [-0.39, 0.29) is 5.75 Å². The normalized spacial score (nSPS) is 13.9. The number of nitrogens with zero attached hydrogens (tertiary/aromatic N) is 1. The first kappa shape index (κ1) is 14.8. The van der Waals surface area contributed by atoms with Gasteiger partial charge in [0.2, 0.25) is 5.91 Å². The van der Waals surface area contributed by atoms with Crippen LogP contribution in [0.3, 0.4) is 0 Å². The molecule has 0 fully saturated rings. The number of carbonyl (C=O) groups is 3. The summed E-state index contributed by atoms with van der Waals surface area (Å²) in [5, 5.41) is 17.4. The van der Waals surface area contributed by atoms with Gasteiger partial charge < -0.3 is 15.1 Å². The lowest BCUT2D eigenvalue weighted by atomic mass is 10.1. The van der Waals surface area contributed by atoms with Crippen molar-refractivity contribution in [2.24, 2.45) is 5.92 Å². The largest absolute Gasteiger partial charge is 0.480 e. The Morgan fingerprint density at radius 3 is 2.06 bits per heavy atom. The zero-order chi connectivity index (χ0) is 12.9. The van der Waals surface area contributed by atoms with E-state index in [1.807, 2.05) is 0 Å². The second-order valence-electron chi connectivity index (χ2n) is 3.46. The van der Waals surface area contributed by atoms with Crippen LogP contribution in [0.15, 0.2) is 0 Å². The Morgan fingerprint density at radius 1 is 1.25 bits per heavy atom. The maximum absolute atomic E-state index is 11.7. The summed E-state index contributed by atoms with van der Waals surface area (Å²) >= 11 is 3.92. The van der Waals surface area contributed by atoms with E-state index in [0.29, 0.717) is 0 Å². The lowest BCUT2D eigenvalue weighted by Crippen LogP contribution is -2.48. The molecule has 0 saturated heterocycles. The highest BCUT2D eigenvalue weighted by molar-refractivity contribution is 7.80. The van der Waals surface area contributed by atoms with Gasteiger partial charge in [0.15, 0.2) is 0 Å². The van der Waals surface area contributed by atoms with Gasteiger partial charge in [-0.3, -0.25) is 9.59 Å². The summed E-state index contributed by atoms with van der Waals surface area (Å²) in [5.74, 6) is -3.27. The highest BCUT2D eigenvalue weighted by Crippen LogP contribution is 2.08. The van der Waals surface area contributed by atoms with Crippen LogP contribution in [-0.2, 0) is 14.4 Å². The van der Waals surface area contributed by atoms with Crippen LogP contribution in [0.2, 0.25) is 0 Å². The van der Waals surface area contributed by atoms with Gasteiger partial charge in [-0.05, 0) is 6.92 Å². The van der Waals surface area contributed by atoms with Crippen molar-refractivity contribution in [1.29, 1.82) is 0 Å². The lowest BCUT2D eigenvalue weighted by Gasteiger charge is -2.27. The number of thiol groups is 1. The summed E-state index contributed by atoms with van der Waals surface area (Å²) < 4.78 is 0. The van der Waals surface area contributed by atoms with Crippen molar-refractivity contribution in [2.75, 3.05) is 12.3 Å². The minimum atomic E-state index is -1.24. The van der Waals surface area contributed by atoms with E-state index in [9.17, 15) is 14.4 Å². The average Bonchev–Trinajstić information content (AvgIpc) is 2.22. The summed E-state index contributed by atoms with van der Waals surface area (Å²) in [7, 11) is 0. The molecule has 0 aliphatic carbocycles. The molecule has 1 amide bonds. The van der Waals surface area contributed by atoms with Crippen LogP contribution in [0.5, 0.6) is 0 Å². The summed E-state index contributed by atoms with van der Waals surface area (Å²) in [6, 6.07) is -1.16. The monoisotopic (exact) mass is 249 g/mol. The first-order valence-electron chi connectivity index (χ1n) is 4.67. The summed E-state index contributed by atoms with van der Waals surface area (Å²) in [5.41, 5.74) is 0. The number of amides is 1. The molecule has 0 rings (SSSR count). The fourth-order valence-corrected chi connectivity index (χ4v) is 1.20. The molecule has 0 aromatic carbocycles. The Balaban J connectivity index is 4.86. The summed E-state index contributed by atoms with van der Waals surface area (Å²) in [4.78, 5) is 33.8. The second kappa shape index (κ2) is 6.37. The molecule has 2 atom stereocenters. The molecule has 7 heteroatoms. The van der Waals surface area contributed by atoms with Gasteiger partial charge >= 0.3 is 11.9 Å². The Morgan fingerprint density at radius 2 is 1.75 bits per heavy atom. The zero-order valence-corrected chi connectivity index (χ0v) is 9.98. The molecule has 6 nitrogen and oxygen atoms in total. The van der Waals surface area contributed by atoms with Crippen LogP contribution in [0.4, 0.5) is 0 Å². The minimum absolute atomic E-state index is 0.237. The molecule has 2 N–H and O–H groups in total. The number of rotatable bonds is 6. The van der Waals surface area contributed by atoms with Gasteiger partial charge in [0.25, 0.3) is 0 Å². The van der Waals surface area contributed by atoms with Crippen molar-refractivity contribution in [3.63, 3.8) is 0 Å². The van der Waals surface area contributed by atoms with Crippen LogP contribution < -0.4 is 0 Å². The van der Waals surface area contributed by atoms with Gasteiger partial charge in [-0.15, -0.1) is 0 Å². The molecule has 0 unspecified atom stereocenters. The Hall–Kier alpha value is -1.24. The van der Waals surface area contributed by atoms with Crippen LogP contribution in [0.25, 0.3) is 0 Å². The number of aliphatic carboxylic acids is 2. The third-order valence-electron chi connectivity index (χ3n) is 2.11. The van der Waals surface area contributed by atoms with Crippen LogP contribution in [-0.4, -0.2) is 51.3 Å². The number of carboxylic acids is 2. The number of carbonyl (C=O) groups excluding carboxylic acids is 1. The van der Waals surface area contributed by atoms with Gasteiger partial charge in [-0.2, -0.15) is 12.6 Å². The van der Waals surface area contributed by atoms with Crippen molar-refractivity contribution in [2.45, 2.75) is 19.9 Å². The SMILES string of the molecule is C[C@H](CS)C(=O)N(CC(=O)O)[C@@H](C)C(=O)O. The number of carboxylic acid groups (broad SMARTS) is 2. The van der Waals surface area contributed by atoms with E-state index in [1.54, 1.807) is 6.92 Å². The third-order valence-corrected chi connectivity index (χ3v) is 2.66. The van der Waals surface area contributed by atoms with Crippen molar-refractivity contribution >= 4 is 30.5 Å². The first-order chi connectivity index (χ1) is 7.31. The maximum Gasteiger partial charge on any atom is 0.326 e. The van der Waals surface area contributed by atoms with Gasteiger partial charge in [0.1, 0.15) is 12.6 Å². The molecule has 0 aromatic rings. The van der Waals surface area contributed by atoms with E-state index in [2.05, 4.69) is 12.6 Å². The molecule has 16 heavy (non-hydrogen) atoms. The van der Waals surface area contributed by atoms with E-state index in [1.165, 1.54) is 6.92 Å². The smallest absolute Gasteiger partial charge is 0.326 e. The molecule has 0 spiro atoms. The Bertz CT molecular complexity index is 294. The fourth-order valence-electron chi connectivity index (χ4n) is 1.05. The van der Waals surface area contributed by atoms with Crippen LogP contribution >= 0.6 is 12.6 Å². The molecule has 0 aromatic heterocycles. The molecule has 0 aliphatic heterocycles. The third kappa shape index (κ3) is 4.09. The van der Waals surface area contributed by atoms with Gasteiger partial charge in [-0.1, -0.05) is 6.92 Å². The molecular weight excluding hydrogens is 234 g/mol. The van der Waals surface area contributed by atoms with Crippen LogP contribution in [0, 0.1) is 5.92 Å². The highest BCUT2D eigenvalue weighted by Gasteiger charge is 2.29. The van der Waals surface area contributed by atoms with Gasteiger partial charge in [-0.25, -0.2) is 4.79 Å². The molecule has 0 radical (unpaired) electrons. The van der Waals surface area contributed by atoms with Crippen molar-refractivity contribution in [1.82, 2.24) is 4.90 Å². The highest BCUT2D eigenvalue weighted by atomic mass is 32.1. The second-order valence-corrected chi connectivity index (χ2v) is 3.82. The standard InChI is InChI=1S/C9H15NO5S/c1-5(4-16)8(13)10(3-7(11)12)6(2)9(14)15/h5-6,16H,3-4H2,1-2H3,(H,11,12)(H,14,15)/t5-,6+/m1/s1. The maximum atomic E-state index is 11.7. The quantitative estimate of drug-likeness (QED) is 0.573. The van der Waals surface area contributed by atoms with Crippen molar-refractivity contribution < 1.29 is 24.6 Å². The van der Waals surface area contributed by atoms with E-state index < -0.39 is 36.4 Å². The van der Waals surface area contributed by atoms with E-state index >= 15 is 0 Å². The predicted octanol–water partition coefficient (Wildman–Crippen LogP) is -0.0614. The molecular formula is C9H15NO5S. The Kier molecular flexibility index (Phi) is 5.87. The lowest BCUT2D eigenvalue weighted by molar-refractivity contribution is -0.154. The molecule has 92 valence electrons. The van der Waals surface area contributed by atoms with Gasteiger partial charge in [0, 0.05) is 11.7 Å². The summed E-state index contributed by atoms with van der Waals surface area (Å²) in [6.07, 6.45) is 0. The summed E-state index contributed by atoms with van der Waals surface area (Å²) in [6.45, 7) is 2.22. The topological polar surface area (TPSA) is 94.9 Å². The van der Waals surface area contributed by atoms with E-state index in [0.717, 1.165) is 4.90 Å². The Labute approximate surface area is 98.6 Å². The fraction of sp³-hybridized carbons (Fsp3) is 0.667.